The van der Waals surface area contributed by atoms with Crippen molar-refractivity contribution in [1.82, 2.24) is 10.1 Å². The Balaban J connectivity index is 1.78. The second-order valence-electron chi connectivity index (χ2n) is 5.49. The van der Waals surface area contributed by atoms with Gasteiger partial charge in [-0.3, -0.25) is 0 Å². The van der Waals surface area contributed by atoms with Gasteiger partial charge in [-0.25, -0.2) is 0 Å². The fourth-order valence-electron chi connectivity index (χ4n) is 2.48. The van der Waals surface area contributed by atoms with Crippen LogP contribution in [0.3, 0.4) is 0 Å². The van der Waals surface area contributed by atoms with Crippen molar-refractivity contribution in [2.75, 3.05) is 0 Å². The number of aromatic nitrogens is 2. The van der Waals surface area contributed by atoms with Crippen LogP contribution in [0.4, 0.5) is 0 Å². The molecule has 0 N–H and O–H groups in total. The van der Waals surface area contributed by atoms with E-state index in [-0.39, 0.29) is 0 Å². The molecule has 0 radical (unpaired) electrons. The normalized spacial score (nSPS) is 10.7. The Kier molecular flexibility index (Phi) is 4.62. The molecule has 0 unspecified atom stereocenters. The molecule has 4 heteroatoms. The standard InChI is InChI=1S/C19H18N2O2/c1-14-6-2-3-8-17(14)18-20-19(23-21-18)16-11-9-15(10-12-16)7-4-5-13-22/h2-3,6,8-13H,4-5,7H2,1H3. The summed E-state index contributed by atoms with van der Waals surface area (Å²) in [7, 11) is 0. The minimum Gasteiger partial charge on any atom is -0.334 e. The van der Waals surface area contributed by atoms with Crippen molar-refractivity contribution in [1.29, 1.82) is 0 Å². The van der Waals surface area contributed by atoms with Gasteiger partial charge in [-0.1, -0.05) is 41.6 Å². The lowest BCUT2D eigenvalue weighted by atomic mass is 10.1. The number of benzene rings is 2. The van der Waals surface area contributed by atoms with Gasteiger partial charge in [-0.05, 0) is 43.0 Å². The summed E-state index contributed by atoms with van der Waals surface area (Å²) in [6, 6.07) is 16.0. The van der Waals surface area contributed by atoms with Gasteiger partial charge in [0.05, 0.1) is 0 Å². The Labute approximate surface area is 135 Å². The third-order valence-corrected chi connectivity index (χ3v) is 3.80. The third-order valence-electron chi connectivity index (χ3n) is 3.80. The predicted octanol–water partition coefficient (Wildman–Crippen LogP) is 4.23. The molecule has 1 aromatic heterocycles. The van der Waals surface area contributed by atoms with Crippen molar-refractivity contribution < 1.29 is 9.32 Å². The predicted molar refractivity (Wildman–Crippen MR) is 88.9 cm³/mol. The van der Waals surface area contributed by atoms with Crippen LogP contribution in [0.1, 0.15) is 24.0 Å². The highest BCUT2D eigenvalue weighted by Gasteiger charge is 2.11. The molecule has 2 aromatic carbocycles. The molecule has 0 fully saturated rings. The lowest BCUT2D eigenvalue weighted by Crippen LogP contribution is -1.87. The van der Waals surface area contributed by atoms with Gasteiger partial charge in [0.15, 0.2) is 0 Å². The average molecular weight is 306 g/mol. The van der Waals surface area contributed by atoms with Crippen LogP contribution < -0.4 is 0 Å². The van der Waals surface area contributed by atoms with Crippen LogP contribution in [0.15, 0.2) is 53.1 Å². The maximum atomic E-state index is 10.3. The number of aldehydes is 1. The van der Waals surface area contributed by atoms with Crippen molar-refractivity contribution in [2.45, 2.75) is 26.2 Å². The molecule has 0 saturated heterocycles. The van der Waals surface area contributed by atoms with Crippen LogP contribution in [0.2, 0.25) is 0 Å². The number of rotatable bonds is 6. The van der Waals surface area contributed by atoms with Crippen molar-refractivity contribution in [3.63, 3.8) is 0 Å². The number of hydrogen-bond acceptors (Lipinski definition) is 4. The Morgan fingerprint density at radius 3 is 2.61 bits per heavy atom. The molecule has 1 heterocycles. The summed E-state index contributed by atoms with van der Waals surface area (Å²) in [6.45, 7) is 2.03. The zero-order valence-corrected chi connectivity index (χ0v) is 13.0. The number of aryl methyl sites for hydroxylation is 2. The number of hydrogen-bond donors (Lipinski definition) is 0. The maximum Gasteiger partial charge on any atom is 0.258 e. The van der Waals surface area contributed by atoms with Gasteiger partial charge in [0.25, 0.3) is 5.89 Å². The van der Waals surface area contributed by atoms with Crippen molar-refractivity contribution in [2.24, 2.45) is 0 Å². The first-order chi connectivity index (χ1) is 11.3. The SMILES string of the molecule is Cc1ccccc1-c1noc(-c2ccc(CCCC=O)cc2)n1. The first-order valence-corrected chi connectivity index (χ1v) is 7.70. The van der Waals surface area contributed by atoms with E-state index in [0.29, 0.717) is 18.1 Å². The fraction of sp³-hybridized carbons (Fsp3) is 0.211. The summed E-state index contributed by atoms with van der Waals surface area (Å²) in [5, 5.41) is 4.08. The van der Waals surface area contributed by atoms with E-state index in [1.807, 2.05) is 55.5 Å². The summed E-state index contributed by atoms with van der Waals surface area (Å²) in [5.74, 6) is 1.12. The quantitative estimate of drug-likeness (QED) is 0.505. The van der Waals surface area contributed by atoms with E-state index in [1.54, 1.807) is 0 Å². The minimum absolute atomic E-state index is 0.516. The zero-order chi connectivity index (χ0) is 16.1. The smallest absolute Gasteiger partial charge is 0.258 e. The van der Waals surface area contributed by atoms with E-state index < -0.39 is 0 Å². The van der Waals surface area contributed by atoms with Gasteiger partial charge in [-0.15, -0.1) is 0 Å². The van der Waals surface area contributed by atoms with E-state index >= 15 is 0 Å². The van der Waals surface area contributed by atoms with Crippen molar-refractivity contribution in [3.8, 4) is 22.8 Å². The van der Waals surface area contributed by atoms with Gasteiger partial charge >= 0.3 is 0 Å². The topological polar surface area (TPSA) is 56.0 Å². The number of carbonyl (C=O) groups excluding carboxylic acids is 1. The highest BCUT2D eigenvalue weighted by Crippen LogP contribution is 2.24. The molecule has 4 nitrogen and oxygen atoms in total. The first kappa shape index (κ1) is 15.2. The number of nitrogens with zero attached hydrogens (tertiary/aromatic N) is 2. The summed E-state index contributed by atoms with van der Waals surface area (Å²) in [5.41, 5.74) is 4.20. The lowest BCUT2D eigenvalue weighted by Gasteiger charge is -2.00. The zero-order valence-electron chi connectivity index (χ0n) is 13.0. The molecule has 0 aliphatic carbocycles. The van der Waals surface area contributed by atoms with Gasteiger partial charge in [0.1, 0.15) is 6.29 Å². The highest BCUT2D eigenvalue weighted by atomic mass is 16.5. The summed E-state index contributed by atoms with van der Waals surface area (Å²) >= 11 is 0. The lowest BCUT2D eigenvalue weighted by molar-refractivity contribution is -0.107. The molecule has 116 valence electrons. The van der Waals surface area contributed by atoms with Crippen LogP contribution in [0.25, 0.3) is 22.8 Å². The molecular formula is C19H18N2O2. The maximum absolute atomic E-state index is 10.3. The molecule has 0 atom stereocenters. The largest absolute Gasteiger partial charge is 0.334 e. The van der Waals surface area contributed by atoms with Gasteiger partial charge < -0.3 is 9.32 Å². The molecular weight excluding hydrogens is 288 g/mol. The van der Waals surface area contributed by atoms with E-state index in [2.05, 4.69) is 10.1 Å². The minimum atomic E-state index is 0.516. The van der Waals surface area contributed by atoms with Crippen LogP contribution in [-0.2, 0) is 11.2 Å². The molecule has 0 spiro atoms. The van der Waals surface area contributed by atoms with Crippen LogP contribution in [0.5, 0.6) is 0 Å². The van der Waals surface area contributed by atoms with E-state index in [9.17, 15) is 4.79 Å². The van der Waals surface area contributed by atoms with Crippen LogP contribution in [0, 0.1) is 6.92 Å². The first-order valence-electron chi connectivity index (χ1n) is 7.70. The van der Waals surface area contributed by atoms with E-state index in [4.69, 9.17) is 4.52 Å². The molecule has 0 aliphatic heterocycles. The Bertz CT molecular complexity index is 791. The monoisotopic (exact) mass is 306 g/mol. The van der Waals surface area contributed by atoms with Crippen LogP contribution >= 0.6 is 0 Å². The third kappa shape index (κ3) is 3.54. The number of carbonyl (C=O) groups is 1. The van der Waals surface area contributed by atoms with E-state index in [1.165, 1.54) is 5.56 Å². The average Bonchev–Trinajstić information content (AvgIpc) is 3.06. The van der Waals surface area contributed by atoms with Gasteiger partial charge in [0, 0.05) is 17.5 Å². The van der Waals surface area contributed by atoms with Crippen LogP contribution in [-0.4, -0.2) is 16.4 Å². The van der Waals surface area contributed by atoms with Crippen molar-refractivity contribution in [3.05, 3.63) is 59.7 Å². The fourth-order valence-corrected chi connectivity index (χ4v) is 2.48. The van der Waals surface area contributed by atoms with Gasteiger partial charge in [0.2, 0.25) is 5.82 Å². The summed E-state index contributed by atoms with van der Waals surface area (Å²) in [6.07, 6.45) is 3.34. The summed E-state index contributed by atoms with van der Waals surface area (Å²) in [4.78, 5) is 14.8. The molecule has 0 amide bonds. The molecule has 0 bridgehead atoms. The molecule has 23 heavy (non-hydrogen) atoms. The second-order valence-corrected chi connectivity index (χ2v) is 5.49. The summed E-state index contributed by atoms with van der Waals surface area (Å²) < 4.78 is 5.39. The van der Waals surface area contributed by atoms with E-state index in [0.717, 1.165) is 35.8 Å². The molecule has 0 saturated carbocycles. The number of unbranched alkanes of at least 4 members (excludes halogenated alkanes) is 1. The van der Waals surface area contributed by atoms with Crippen molar-refractivity contribution >= 4 is 6.29 Å². The Morgan fingerprint density at radius 1 is 1.09 bits per heavy atom. The molecule has 3 rings (SSSR count). The Morgan fingerprint density at radius 2 is 1.87 bits per heavy atom. The Hall–Kier alpha value is -2.75. The van der Waals surface area contributed by atoms with Gasteiger partial charge in [-0.2, -0.15) is 4.98 Å². The second kappa shape index (κ2) is 7.01. The molecule has 3 aromatic rings. The molecule has 0 aliphatic rings. The highest BCUT2D eigenvalue weighted by molar-refractivity contribution is 5.62.